The summed E-state index contributed by atoms with van der Waals surface area (Å²) in [5, 5.41) is 0. The summed E-state index contributed by atoms with van der Waals surface area (Å²) >= 11 is 0. The Balaban J connectivity index is 1.89. The second-order valence-electron chi connectivity index (χ2n) is 5.55. The minimum atomic E-state index is 0.673. The summed E-state index contributed by atoms with van der Waals surface area (Å²) < 4.78 is 0. The van der Waals surface area contributed by atoms with Gasteiger partial charge in [-0.1, -0.05) is 19.4 Å². The molecule has 1 fully saturated rings. The van der Waals surface area contributed by atoms with E-state index in [1.54, 1.807) is 6.20 Å². The first kappa shape index (κ1) is 13.3. The van der Waals surface area contributed by atoms with Crippen LogP contribution in [0.1, 0.15) is 44.6 Å². The van der Waals surface area contributed by atoms with Crippen LogP contribution in [-0.2, 0) is 6.54 Å². The van der Waals surface area contributed by atoms with E-state index >= 15 is 0 Å². The molecule has 1 aromatic rings. The summed E-state index contributed by atoms with van der Waals surface area (Å²) in [7, 11) is 2.21. The maximum Gasteiger partial charge on any atom is 0.127 e. The van der Waals surface area contributed by atoms with Crippen LogP contribution in [0.15, 0.2) is 18.3 Å². The third-order valence-electron chi connectivity index (χ3n) is 4.36. The van der Waals surface area contributed by atoms with E-state index in [0.717, 1.165) is 18.0 Å². The van der Waals surface area contributed by atoms with E-state index in [9.17, 15) is 0 Å². The molecule has 1 aliphatic carbocycles. The Morgan fingerprint density at radius 3 is 2.67 bits per heavy atom. The van der Waals surface area contributed by atoms with Gasteiger partial charge in [0.05, 0.1) is 0 Å². The summed E-state index contributed by atoms with van der Waals surface area (Å²) in [4.78, 5) is 6.60. The molecule has 0 spiro atoms. The van der Waals surface area contributed by atoms with Gasteiger partial charge in [0.25, 0.3) is 0 Å². The zero-order chi connectivity index (χ0) is 13.0. The first-order chi connectivity index (χ1) is 8.70. The van der Waals surface area contributed by atoms with Gasteiger partial charge in [-0.25, -0.2) is 4.98 Å². The zero-order valence-electron chi connectivity index (χ0n) is 11.6. The molecule has 0 bridgehead atoms. The molecule has 1 aliphatic rings. The molecule has 2 N–H and O–H groups in total. The van der Waals surface area contributed by atoms with Crippen LogP contribution in [0.5, 0.6) is 0 Å². The lowest BCUT2D eigenvalue weighted by Crippen LogP contribution is -2.34. The van der Waals surface area contributed by atoms with Gasteiger partial charge in [-0.3, -0.25) is 4.90 Å². The lowest BCUT2D eigenvalue weighted by Gasteiger charge is -2.34. The van der Waals surface area contributed by atoms with Crippen molar-refractivity contribution in [2.75, 3.05) is 12.8 Å². The van der Waals surface area contributed by atoms with E-state index in [1.807, 2.05) is 6.07 Å². The van der Waals surface area contributed by atoms with Crippen molar-refractivity contribution >= 4 is 5.82 Å². The van der Waals surface area contributed by atoms with Gasteiger partial charge < -0.3 is 5.73 Å². The van der Waals surface area contributed by atoms with Crippen molar-refractivity contribution in [2.45, 2.75) is 51.6 Å². The van der Waals surface area contributed by atoms with Crippen molar-refractivity contribution in [3.63, 3.8) is 0 Å². The van der Waals surface area contributed by atoms with Gasteiger partial charge in [0.15, 0.2) is 0 Å². The molecule has 18 heavy (non-hydrogen) atoms. The number of rotatable bonds is 4. The molecule has 1 heterocycles. The molecule has 0 aliphatic heterocycles. The lowest BCUT2D eigenvalue weighted by molar-refractivity contribution is 0.157. The normalized spacial score (nSPS) is 24.4. The fourth-order valence-electron chi connectivity index (χ4n) is 2.98. The van der Waals surface area contributed by atoms with Crippen LogP contribution in [0.3, 0.4) is 0 Å². The minimum absolute atomic E-state index is 0.673. The van der Waals surface area contributed by atoms with Gasteiger partial charge in [-0.2, -0.15) is 0 Å². The smallest absolute Gasteiger partial charge is 0.127 e. The van der Waals surface area contributed by atoms with E-state index in [2.05, 4.69) is 29.9 Å². The summed E-state index contributed by atoms with van der Waals surface area (Å²) in [5.41, 5.74) is 7.05. The Labute approximate surface area is 110 Å². The maximum absolute atomic E-state index is 5.90. The fourth-order valence-corrected chi connectivity index (χ4v) is 2.98. The van der Waals surface area contributed by atoms with E-state index < -0.39 is 0 Å². The fraction of sp³-hybridized carbons (Fsp3) is 0.667. The van der Waals surface area contributed by atoms with Gasteiger partial charge in [0.2, 0.25) is 0 Å². The molecule has 0 unspecified atom stereocenters. The van der Waals surface area contributed by atoms with Gasteiger partial charge >= 0.3 is 0 Å². The zero-order valence-corrected chi connectivity index (χ0v) is 11.6. The molecule has 2 rings (SSSR count). The third kappa shape index (κ3) is 3.22. The number of anilines is 1. The molecule has 3 nitrogen and oxygen atoms in total. The van der Waals surface area contributed by atoms with Crippen LogP contribution >= 0.6 is 0 Å². The second kappa shape index (κ2) is 6.19. The molecule has 0 saturated heterocycles. The average Bonchev–Trinajstić information content (AvgIpc) is 2.41. The quantitative estimate of drug-likeness (QED) is 0.889. The molecule has 1 saturated carbocycles. The molecule has 0 radical (unpaired) electrons. The highest BCUT2D eigenvalue weighted by atomic mass is 15.1. The van der Waals surface area contributed by atoms with Crippen LogP contribution < -0.4 is 5.73 Å². The van der Waals surface area contributed by atoms with Crippen LogP contribution in [0.25, 0.3) is 0 Å². The highest BCUT2D eigenvalue weighted by Crippen LogP contribution is 2.29. The Morgan fingerprint density at radius 2 is 2.06 bits per heavy atom. The van der Waals surface area contributed by atoms with E-state index in [-0.39, 0.29) is 0 Å². The number of nitrogen functional groups attached to an aromatic ring is 1. The molecule has 0 aromatic carbocycles. The van der Waals surface area contributed by atoms with E-state index in [0.29, 0.717) is 11.9 Å². The molecule has 0 amide bonds. The van der Waals surface area contributed by atoms with Gasteiger partial charge in [-0.15, -0.1) is 0 Å². The Kier molecular flexibility index (Phi) is 4.59. The first-order valence-corrected chi connectivity index (χ1v) is 7.10. The molecule has 3 heteroatoms. The largest absolute Gasteiger partial charge is 0.383 e. The minimum Gasteiger partial charge on any atom is -0.383 e. The van der Waals surface area contributed by atoms with Gasteiger partial charge in [0, 0.05) is 24.3 Å². The number of pyridine rings is 1. The van der Waals surface area contributed by atoms with Crippen LogP contribution in [0.2, 0.25) is 0 Å². The number of nitrogens with two attached hydrogens (primary N) is 1. The topological polar surface area (TPSA) is 42.2 Å². The summed E-state index contributed by atoms with van der Waals surface area (Å²) in [5.74, 6) is 1.63. The Bertz CT molecular complexity index is 370. The number of hydrogen-bond acceptors (Lipinski definition) is 3. The second-order valence-corrected chi connectivity index (χ2v) is 5.55. The van der Waals surface area contributed by atoms with Crippen molar-refractivity contribution < 1.29 is 0 Å². The van der Waals surface area contributed by atoms with Crippen LogP contribution in [-0.4, -0.2) is 23.0 Å². The molecular weight excluding hydrogens is 222 g/mol. The van der Waals surface area contributed by atoms with Crippen LogP contribution in [0, 0.1) is 5.92 Å². The molecule has 100 valence electrons. The lowest BCUT2D eigenvalue weighted by atomic mass is 9.84. The van der Waals surface area contributed by atoms with Crippen molar-refractivity contribution in [1.82, 2.24) is 9.88 Å². The number of nitrogens with zero attached hydrogens (tertiary/aromatic N) is 2. The predicted octanol–water partition coefficient (Wildman–Crippen LogP) is 3.06. The van der Waals surface area contributed by atoms with Crippen molar-refractivity contribution in [3.8, 4) is 0 Å². The third-order valence-corrected chi connectivity index (χ3v) is 4.36. The highest BCUT2D eigenvalue weighted by Gasteiger charge is 2.23. The SMILES string of the molecule is CCC1CCC(N(C)Cc2cccnc2N)CC1. The van der Waals surface area contributed by atoms with Crippen LogP contribution in [0.4, 0.5) is 5.82 Å². The average molecular weight is 247 g/mol. The van der Waals surface area contributed by atoms with Crippen molar-refractivity contribution in [2.24, 2.45) is 5.92 Å². The summed E-state index contributed by atoms with van der Waals surface area (Å²) in [6.45, 7) is 3.23. The number of hydrogen-bond donors (Lipinski definition) is 1. The van der Waals surface area contributed by atoms with Crippen molar-refractivity contribution in [1.29, 1.82) is 0 Å². The summed E-state index contributed by atoms with van der Waals surface area (Å²) in [6.07, 6.45) is 8.52. The van der Waals surface area contributed by atoms with Crippen molar-refractivity contribution in [3.05, 3.63) is 23.9 Å². The van der Waals surface area contributed by atoms with Gasteiger partial charge in [-0.05, 0) is 44.7 Å². The Hall–Kier alpha value is -1.09. The maximum atomic E-state index is 5.90. The Morgan fingerprint density at radius 1 is 1.33 bits per heavy atom. The number of aromatic nitrogens is 1. The standard InChI is InChI=1S/C15H25N3/c1-3-12-6-8-14(9-7-12)18(2)11-13-5-4-10-17-15(13)16/h4-5,10,12,14H,3,6-9,11H2,1-2H3,(H2,16,17). The van der Waals surface area contributed by atoms with Gasteiger partial charge in [0.1, 0.15) is 5.82 Å². The molecule has 0 atom stereocenters. The first-order valence-electron chi connectivity index (χ1n) is 7.10. The van der Waals surface area contributed by atoms with E-state index in [1.165, 1.54) is 32.1 Å². The monoisotopic (exact) mass is 247 g/mol. The predicted molar refractivity (Wildman–Crippen MR) is 76.2 cm³/mol. The summed E-state index contributed by atoms with van der Waals surface area (Å²) in [6, 6.07) is 4.76. The highest BCUT2D eigenvalue weighted by molar-refractivity contribution is 5.38. The molecular formula is C15H25N3. The van der Waals surface area contributed by atoms with E-state index in [4.69, 9.17) is 5.73 Å². The molecule has 1 aromatic heterocycles.